The van der Waals surface area contributed by atoms with Crippen molar-refractivity contribution in [2.45, 2.75) is 26.5 Å². The predicted molar refractivity (Wildman–Crippen MR) is 100 cm³/mol. The number of para-hydroxylation sites is 1. The van der Waals surface area contributed by atoms with Crippen molar-refractivity contribution in [1.82, 2.24) is 9.55 Å². The second-order valence-corrected chi connectivity index (χ2v) is 6.25. The van der Waals surface area contributed by atoms with Gasteiger partial charge in [0.1, 0.15) is 6.54 Å². The molecule has 0 aliphatic rings. The number of hydrogen-bond acceptors (Lipinski definition) is 4. The second-order valence-electron chi connectivity index (χ2n) is 5.89. The number of carbonyl (C=O) groups is 2. The van der Waals surface area contributed by atoms with Crippen LogP contribution in [-0.2, 0) is 20.9 Å². The topological polar surface area (TPSA) is 73.2 Å². The number of rotatable bonds is 5. The average Bonchev–Trinajstić information content (AvgIpc) is 2.92. The van der Waals surface area contributed by atoms with Gasteiger partial charge in [0.25, 0.3) is 5.91 Å². The van der Waals surface area contributed by atoms with E-state index in [0.29, 0.717) is 5.69 Å². The van der Waals surface area contributed by atoms with Crippen molar-refractivity contribution in [3.05, 3.63) is 59.5 Å². The number of carbonyl (C=O) groups excluding carboxylic acids is 2. The van der Waals surface area contributed by atoms with Crippen LogP contribution in [0.15, 0.2) is 48.7 Å². The molecule has 7 heteroatoms. The molecule has 6 nitrogen and oxygen atoms in total. The van der Waals surface area contributed by atoms with Crippen LogP contribution in [-0.4, -0.2) is 27.5 Å². The Morgan fingerprint density at radius 3 is 2.81 bits per heavy atom. The van der Waals surface area contributed by atoms with Crippen LogP contribution in [0.2, 0.25) is 5.15 Å². The van der Waals surface area contributed by atoms with Crippen molar-refractivity contribution in [3.63, 3.8) is 0 Å². The van der Waals surface area contributed by atoms with E-state index in [1.807, 2.05) is 41.8 Å². The first-order valence-electron chi connectivity index (χ1n) is 8.11. The van der Waals surface area contributed by atoms with Crippen molar-refractivity contribution in [3.8, 4) is 0 Å². The standard InChI is InChI=1S/C19H18ClN3O3/c1-12-10-14-6-3-4-8-16(14)23(12)11-17(24)26-13(2)19(25)22-15-7-5-9-21-18(15)20/h3-10,13H,11H2,1-2H3,(H,22,25). The summed E-state index contributed by atoms with van der Waals surface area (Å²) < 4.78 is 7.13. The molecule has 1 atom stereocenters. The number of aryl methyl sites for hydroxylation is 1. The molecule has 0 saturated heterocycles. The summed E-state index contributed by atoms with van der Waals surface area (Å²) >= 11 is 5.91. The molecule has 0 saturated carbocycles. The summed E-state index contributed by atoms with van der Waals surface area (Å²) in [6, 6.07) is 13.1. The molecule has 2 heterocycles. The lowest BCUT2D eigenvalue weighted by atomic mass is 10.2. The minimum Gasteiger partial charge on any atom is -0.451 e. The molecule has 0 fully saturated rings. The fourth-order valence-corrected chi connectivity index (χ4v) is 2.86. The fraction of sp³-hybridized carbons (Fsp3) is 0.211. The predicted octanol–water partition coefficient (Wildman–Crippen LogP) is 3.57. The molecule has 3 rings (SSSR count). The van der Waals surface area contributed by atoms with Crippen LogP contribution >= 0.6 is 11.6 Å². The summed E-state index contributed by atoms with van der Waals surface area (Å²) in [6.07, 6.45) is 0.562. The van der Waals surface area contributed by atoms with E-state index in [-0.39, 0.29) is 11.7 Å². The third kappa shape index (κ3) is 3.86. The van der Waals surface area contributed by atoms with E-state index in [1.54, 1.807) is 12.1 Å². The maximum atomic E-state index is 12.3. The Kier molecular flexibility index (Phi) is 5.23. The van der Waals surface area contributed by atoms with Crippen molar-refractivity contribution >= 4 is 40.1 Å². The third-order valence-electron chi connectivity index (χ3n) is 4.00. The van der Waals surface area contributed by atoms with E-state index in [0.717, 1.165) is 16.6 Å². The number of nitrogens with zero attached hydrogens (tertiary/aromatic N) is 2. The number of nitrogens with one attached hydrogen (secondary N) is 1. The van der Waals surface area contributed by atoms with Gasteiger partial charge in [-0.1, -0.05) is 29.8 Å². The highest BCUT2D eigenvalue weighted by molar-refractivity contribution is 6.32. The number of halogens is 1. The Morgan fingerprint density at radius 2 is 2.04 bits per heavy atom. The number of amides is 1. The lowest BCUT2D eigenvalue weighted by molar-refractivity contribution is -0.153. The maximum Gasteiger partial charge on any atom is 0.326 e. The van der Waals surface area contributed by atoms with Gasteiger partial charge in [0, 0.05) is 17.4 Å². The summed E-state index contributed by atoms with van der Waals surface area (Å²) in [5, 5.41) is 3.82. The number of hydrogen-bond donors (Lipinski definition) is 1. The molecule has 0 aliphatic heterocycles. The van der Waals surface area contributed by atoms with Gasteiger partial charge in [0.15, 0.2) is 11.3 Å². The zero-order chi connectivity index (χ0) is 18.7. The molecule has 1 N–H and O–H groups in total. The Balaban J connectivity index is 1.64. The van der Waals surface area contributed by atoms with Crippen molar-refractivity contribution < 1.29 is 14.3 Å². The monoisotopic (exact) mass is 371 g/mol. The summed E-state index contributed by atoms with van der Waals surface area (Å²) in [5.74, 6) is -0.961. The van der Waals surface area contributed by atoms with E-state index in [2.05, 4.69) is 10.3 Å². The van der Waals surface area contributed by atoms with E-state index >= 15 is 0 Å². The summed E-state index contributed by atoms with van der Waals surface area (Å²) in [4.78, 5) is 28.4. The second kappa shape index (κ2) is 7.58. The van der Waals surface area contributed by atoms with Crippen molar-refractivity contribution in [1.29, 1.82) is 0 Å². The number of anilines is 1. The van der Waals surface area contributed by atoms with Gasteiger partial charge in [0.05, 0.1) is 5.69 Å². The Bertz CT molecular complexity index is 968. The van der Waals surface area contributed by atoms with E-state index < -0.39 is 18.0 Å². The van der Waals surface area contributed by atoms with Gasteiger partial charge in [-0.3, -0.25) is 9.59 Å². The molecule has 0 spiro atoms. The first kappa shape index (κ1) is 17.9. The van der Waals surface area contributed by atoms with Gasteiger partial charge in [-0.2, -0.15) is 0 Å². The number of fused-ring (bicyclic) bond motifs is 1. The third-order valence-corrected chi connectivity index (χ3v) is 4.30. The van der Waals surface area contributed by atoms with Gasteiger partial charge in [0.2, 0.25) is 0 Å². The highest BCUT2D eigenvalue weighted by Gasteiger charge is 2.20. The van der Waals surface area contributed by atoms with Crippen molar-refractivity contribution in [2.24, 2.45) is 0 Å². The minimum absolute atomic E-state index is 0.0324. The molecule has 26 heavy (non-hydrogen) atoms. The molecule has 1 unspecified atom stereocenters. The smallest absolute Gasteiger partial charge is 0.326 e. The molecular weight excluding hydrogens is 354 g/mol. The SMILES string of the molecule is Cc1cc2ccccc2n1CC(=O)OC(C)C(=O)Nc1cccnc1Cl. The van der Waals surface area contributed by atoms with E-state index in [4.69, 9.17) is 16.3 Å². The molecule has 0 bridgehead atoms. The first-order chi connectivity index (χ1) is 12.5. The Hall–Kier alpha value is -2.86. The number of aromatic nitrogens is 2. The van der Waals surface area contributed by atoms with E-state index in [9.17, 15) is 9.59 Å². The highest BCUT2D eigenvalue weighted by atomic mass is 35.5. The number of pyridine rings is 1. The number of benzene rings is 1. The molecule has 3 aromatic rings. The zero-order valence-corrected chi connectivity index (χ0v) is 15.2. The Morgan fingerprint density at radius 1 is 1.27 bits per heavy atom. The first-order valence-corrected chi connectivity index (χ1v) is 8.49. The van der Waals surface area contributed by atoms with Crippen LogP contribution < -0.4 is 5.32 Å². The fourth-order valence-electron chi connectivity index (χ4n) is 2.69. The van der Waals surface area contributed by atoms with Gasteiger partial charge in [-0.05, 0) is 43.5 Å². The Labute approximate surface area is 155 Å². The molecule has 1 aromatic carbocycles. The molecular formula is C19H18ClN3O3. The molecule has 134 valence electrons. The molecule has 1 amide bonds. The van der Waals surface area contributed by atoms with Crippen LogP contribution in [0.4, 0.5) is 5.69 Å². The quantitative estimate of drug-likeness (QED) is 0.549. The number of esters is 1. The maximum absolute atomic E-state index is 12.3. The number of ether oxygens (including phenoxy) is 1. The van der Waals surface area contributed by atoms with Crippen LogP contribution in [0.25, 0.3) is 10.9 Å². The van der Waals surface area contributed by atoms with Crippen LogP contribution in [0.3, 0.4) is 0 Å². The summed E-state index contributed by atoms with van der Waals surface area (Å²) in [5.41, 5.74) is 2.26. The zero-order valence-electron chi connectivity index (χ0n) is 14.4. The van der Waals surface area contributed by atoms with Gasteiger partial charge < -0.3 is 14.6 Å². The van der Waals surface area contributed by atoms with E-state index in [1.165, 1.54) is 13.1 Å². The van der Waals surface area contributed by atoms with Crippen LogP contribution in [0, 0.1) is 6.92 Å². The lowest BCUT2D eigenvalue weighted by Crippen LogP contribution is -2.31. The van der Waals surface area contributed by atoms with Gasteiger partial charge >= 0.3 is 5.97 Å². The lowest BCUT2D eigenvalue weighted by Gasteiger charge is -2.15. The normalized spacial score (nSPS) is 12.0. The molecule has 0 aliphatic carbocycles. The molecule has 2 aromatic heterocycles. The summed E-state index contributed by atoms with van der Waals surface area (Å²) in [7, 11) is 0. The van der Waals surface area contributed by atoms with Crippen LogP contribution in [0.5, 0.6) is 0 Å². The van der Waals surface area contributed by atoms with Gasteiger partial charge in [-0.25, -0.2) is 4.98 Å². The minimum atomic E-state index is -0.957. The van der Waals surface area contributed by atoms with Gasteiger partial charge in [-0.15, -0.1) is 0 Å². The molecule has 0 radical (unpaired) electrons. The van der Waals surface area contributed by atoms with Crippen molar-refractivity contribution in [2.75, 3.05) is 5.32 Å². The largest absolute Gasteiger partial charge is 0.451 e. The summed E-state index contributed by atoms with van der Waals surface area (Å²) in [6.45, 7) is 3.47. The van der Waals surface area contributed by atoms with Crippen LogP contribution in [0.1, 0.15) is 12.6 Å². The highest BCUT2D eigenvalue weighted by Crippen LogP contribution is 2.20. The average molecular weight is 372 g/mol.